The summed E-state index contributed by atoms with van der Waals surface area (Å²) in [4.78, 5) is 16.7. The highest BCUT2D eigenvalue weighted by molar-refractivity contribution is 5.94. The van der Waals surface area contributed by atoms with Crippen molar-refractivity contribution in [1.29, 1.82) is 0 Å². The fraction of sp³-hybridized carbons (Fsp3) is 0.818. The third kappa shape index (κ3) is 3.14. The molecule has 1 atom stereocenters. The van der Waals surface area contributed by atoms with Crippen LogP contribution in [0.25, 0.3) is 0 Å². The zero-order valence-electron chi connectivity index (χ0n) is 10.2. The van der Waals surface area contributed by atoms with E-state index in [2.05, 4.69) is 5.16 Å². The van der Waals surface area contributed by atoms with Crippen molar-refractivity contribution >= 4 is 11.7 Å². The molecule has 4 nitrogen and oxygen atoms in total. The highest BCUT2D eigenvalue weighted by atomic mass is 19.3. The number of esters is 1. The first-order valence-corrected chi connectivity index (χ1v) is 5.61. The maximum absolute atomic E-state index is 12.5. The molecule has 0 radical (unpaired) electrons. The number of carbonyl (C=O) groups is 1. The van der Waals surface area contributed by atoms with Crippen molar-refractivity contribution in [3.8, 4) is 0 Å². The van der Waals surface area contributed by atoms with Crippen molar-refractivity contribution in [2.45, 2.75) is 45.6 Å². The summed E-state index contributed by atoms with van der Waals surface area (Å²) in [6.45, 7) is 5.48. The Morgan fingerprint density at radius 2 is 2.24 bits per heavy atom. The van der Waals surface area contributed by atoms with Gasteiger partial charge in [0.05, 0.1) is 18.7 Å². The number of ether oxygens (including phenoxy) is 1. The molecule has 0 aromatic carbocycles. The number of oxime groups is 1. The first-order chi connectivity index (χ1) is 7.91. The van der Waals surface area contributed by atoms with Crippen LogP contribution in [0.15, 0.2) is 5.16 Å². The Hall–Kier alpha value is -1.20. The molecule has 0 saturated heterocycles. The maximum Gasteiger partial charge on any atom is 0.353 e. The molecular formula is C11H17F2NO3. The zero-order valence-corrected chi connectivity index (χ0v) is 10.2. The van der Waals surface area contributed by atoms with Gasteiger partial charge in [-0.1, -0.05) is 19.0 Å². The van der Waals surface area contributed by atoms with Crippen LogP contribution in [0.5, 0.6) is 0 Å². The van der Waals surface area contributed by atoms with E-state index < -0.39 is 24.4 Å². The van der Waals surface area contributed by atoms with E-state index in [-0.39, 0.29) is 18.9 Å². The Labute approximate surface area is 99.0 Å². The van der Waals surface area contributed by atoms with Gasteiger partial charge < -0.3 is 9.57 Å². The normalized spacial score (nSPS) is 23.8. The van der Waals surface area contributed by atoms with Gasteiger partial charge >= 0.3 is 5.97 Å². The van der Waals surface area contributed by atoms with E-state index in [9.17, 15) is 13.6 Å². The molecule has 1 rings (SSSR count). The van der Waals surface area contributed by atoms with E-state index in [0.29, 0.717) is 5.71 Å². The monoisotopic (exact) mass is 249 g/mol. The number of hydrogen-bond donors (Lipinski definition) is 0. The molecule has 0 spiro atoms. The number of halogens is 2. The topological polar surface area (TPSA) is 47.9 Å². The summed E-state index contributed by atoms with van der Waals surface area (Å²) in [7, 11) is 0. The van der Waals surface area contributed by atoms with Gasteiger partial charge in [0.25, 0.3) is 0 Å². The van der Waals surface area contributed by atoms with Gasteiger partial charge in [-0.15, -0.1) is 0 Å². The van der Waals surface area contributed by atoms with E-state index in [1.807, 2.05) is 13.8 Å². The van der Waals surface area contributed by atoms with E-state index in [1.165, 1.54) is 0 Å². The molecule has 6 heteroatoms. The van der Waals surface area contributed by atoms with E-state index >= 15 is 0 Å². The summed E-state index contributed by atoms with van der Waals surface area (Å²) in [6.07, 6.45) is -3.25. The van der Waals surface area contributed by atoms with E-state index in [1.54, 1.807) is 6.92 Å². The number of hydrogen-bond acceptors (Lipinski definition) is 4. The summed E-state index contributed by atoms with van der Waals surface area (Å²) in [5.74, 6) is -0.705. The molecule has 0 aromatic heterocycles. The summed E-state index contributed by atoms with van der Waals surface area (Å²) in [5, 5.41) is 3.73. The zero-order chi connectivity index (χ0) is 13.1. The SMILES string of the molecule is CCOC(=O)C1(CC(F)F)CC(C(C)C)=NO1. The molecular weight excluding hydrogens is 232 g/mol. The van der Waals surface area contributed by atoms with Gasteiger partial charge in [0.2, 0.25) is 12.0 Å². The fourth-order valence-electron chi connectivity index (χ4n) is 1.63. The highest BCUT2D eigenvalue weighted by Crippen LogP contribution is 2.33. The second-order valence-corrected chi connectivity index (χ2v) is 4.32. The second-order valence-electron chi connectivity index (χ2n) is 4.32. The number of alkyl halides is 2. The minimum absolute atomic E-state index is 0.0592. The maximum atomic E-state index is 12.5. The van der Waals surface area contributed by atoms with Crippen LogP contribution in [0.4, 0.5) is 8.78 Å². The van der Waals surface area contributed by atoms with Crippen molar-refractivity contribution < 1.29 is 23.1 Å². The lowest BCUT2D eigenvalue weighted by Gasteiger charge is -2.23. The predicted molar refractivity (Wildman–Crippen MR) is 58.0 cm³/mol. The van der Waals surface area contributed by atoms with Gasteiger partial charge in [0.15, 0.2) is 0 Å². The van der Waals surface area contributed by atoms with E-state index in [4.69, 9.17) is 9.57 Å². The van der Waals surface area contributed by atoms with Gasteiger partial charge in [0.1, 0.15) is 0 Å². The Balaban J connectivity index is 2.81. The average molecular weight is 249 g/mol. The minimum atomic E-state index is -2.64. The Bertz CT molecular complexity index is 318. The predicted octanol–water partition coefficient (Wildman–Crippen LogP) is 2.38. The third-order valence-corrected chi connectivity index (χ3v) is 2.60. The molecule has 1 unspecified atom stereocenters. The molecule has 0 N–H and O–H groups in total. The van der Waals surface area contributed by atoms with Gasteiger partial charge in [-0.25, -0.2) is 13.6 Å². The summed E-state index contributed by atoms with van der Waals surface area (Å²) < 4.78 is 29.8. The average Bonchev–Trinajstić information content (AvgIpc) is 2.63. The van der Waals surface area contributed by atoms with Crippen molar-refractivity contribution in [3.63, 3.8) is 0 Å². The van der Waals surface area contributed by atoms with Gasteiger partial charge in [-0.2, -0.15) is 0 Å². The second kappa shape index (κ2) is 5.42. The molecule has 0 aliphatic carbocycles. The number of rotatable bonds is 5. The summed E-state index contributed by atoms with van der Waals surface area (Å²) in [5.41, 5.74) is -1.03. The van der Waals surface area contributed by atoms with Gasteiger partial charge in [-0.3, -0.25) is 0 Å². The van der Waals surface area contributed by atoms with Crippen LogP contribution >= 0.6 is 0 Å². The molecule has 1 aliphatic heterocycles. The van der Waals surface area contributed by atoms with Crippen molar-refractivity contribution in [1.82, 2.24) is 0 Å². The largest absolute Gasteiger partial charge is 0.463 e. The van der Waals surface area contributed by atoms with Gasteiger partial charge in [-0.05, 0) is 12.8 Å². The van der Waals surface area contributed by atoms with Crippen molar-refractivity contribution in [3.05, 3.63) is 0 Å². The first kappa shape index (κ1) is 13.9. The summed E-state index contributed by atoms with van der Waals surface area (Å²) in [6, 6.07) is 0. The lowest BCUT2D eigenvalue weighted by Crippen LogP contribution is -2.42. The van der Waals surface area contributed by atoms with Crippen LogP contribution in [0, 0.1) is 5.92 Å². The van der Waals surface area contributed by atoms with E-state index in [0.717, 1.165) is 0 Å². The molecule has 0 fully saturated rings. The van der Waals surface area contributed by atoms with Crippen LogP contribution in [0.3, 0.4) is 0 Å². The molecule has 1 heterocycles. The lowest BCUT2D eigenvalue weighted by atomic mass is 9.90. The Kier molecular flexibility index (Phi) is 4.42. The third-order valence-electron chi connectivity index (χ3n) is 2.60. The molecule has 98 valence electrons. The fourth-order valence-corrected chi connectivity index (χ4v) is 1.63. The van der Waals surface area contributed by atoms with Crippen molar-refractivity contribution in [2.24, 2.45) is 11.1 Å². The number of nitrogens with zero attached hydrogens (tertiary/aromatic N) is 1. The van der Waals surface area contributed by atoms with Gasteiger partial charge in [0, 0.05) is 6.42 Å². The van der Waals surface area contributed by atoms with Crippen molar-refractivity contribution in [2.75, 3.05) is 6.61 Å². The van der Waals surface area contributed by atoms with Crippen LogP contribution in [-0.2, 0) is 14.4 Å². The smallest absolute Gasteiger partial charge is 0.353 e. The number of carbonyl (C=O) groups excluding carboxylic acids is 1. The Morgan fingerprint density at radius 3 is 2.65 bits per heavy atom. The van der Waals surface area contributed by atoms with Crippen LogP contribution in [-0.4, -0.2) is 30.3 Å². The molecule has 0 bridgehead atoms. The minimum Gasteiger partial charge on any atom is -0.463 e. The quantitative estimate of drug-likeness (QED) is 0.703. The van der Waals surface area contributed by atoms with Crippen LogP contribution in [0.1, 0.15) is 33.6 Å². The molecule has 1 aliphatic rings. The molecule has 0 saturated carbocycles. The summed E-state index contributed by atoms with van der Waals surface area (Å²) >= 11 is 0. The standard InChI is InChI=1S/C11H17F2NO3/c1-4-16-10(15)11(6-9(12)13)5-8(7(2)3)14-17-11/h7,9H,4-6H2,1-3H3. The first-order valence-electron chi connectivity index (χ1n) is 5.61. The highest BCUT2D eigenvalue weighted by Gasteiger charge is 2.50. The van der Waals surface area contributed by atoms with Crippen LogP contribution < -0.4 is 0 Å². The van der Waals surface area contributed by atoms with Crippen LogP contribution in [0.2, 0.25) is 0 Å². The lowest BCUT2D eigenvalue weighted by molar-refractivity contribution is -0.173. The Morgan fingerprint density at radius 1 is 1.59 bits per heavy atom. The molecule has 0 amide bonds. The molecule has 17 heavy (non-hydrogen) atoms. The molecule has 0 aromatic rings.